The molecule has 5 heteroatoms. The number of nitrogens with one attached hydrogen (secondary N) is 1. The van der Waals surface area contributed by atoms with Crippen molar-refractivity contribution in [2.45, 2.75) is 70.4 Å². The van der Waals surface area contributed by atoms with Gasteiger partial charge in [-0.1, -0.05) is 20.8 Å². The summed E-state index contributed by atoms with van der Waals surface area (Å²) in [6.07, 6.45) is 5.01. The van der Waals surface area contributed by atoms with Gasteiger partial charge in [0.2, 0.25) is 0 Å². The molecule has 0 aromatic heterocycles. The third-order valence-corrected chi connectivity index (χ3v) is 5.25. The van der Waals surface area contributed by atoms with E-state index < -0.39 is 11.1 Å². The summed E-state index contributed by atoms with van der Waals surface area (Å²) in [5, 5.41) is 2.94. The van der Waals surface area contributed by atoms with Gasteiger partial charge in [0.1, 0.15) is 5.54 Å². The van der Waals surface area contributed by atoms with E-state index in [4.69, 9.17) is 5.73 Å². The van der Waals surface area contributed by atoms with Crippen LogP contribution in [0.2, 0.25) is 0 Å². The van der Waals surface area contributed by atoms with Crippen molar-refractivity contribution >= 4 is 11.9 Å². The molecule has 0 atom stereocenters. The molecule has 5 nitrogen and oxygen atoms in total. The maximum atomic E-state index is 12.7. The monoisotopic (exact) mass is 281 g/mol. The van der Waals surface area contributed by atoms with E-state index in [9.17, 15) is 9.59 Å². The number of urea groups is 1. The van der Waals surface area contributed by atoms with Crippen molar-refractivity contribution in [2.24, 2.45) is 11.7 Å². The molecular weight excluding hydrogens is 254 g/mol. The van der Waals surface area contributed by atoms with Gasteiger partial charge in [-0.05, 0) is 44.4 Å². The van der Waals surface area contributed by atoms with Crippen LogP contribution in [0.5, 0.6) is 0 Å². The Labute approximate surface area is 121 Å². The minimum atomic E-state index is -0.647. The van der Waals surface area contributed by atoms with Gasteiger partial charge in [-0.15, -0.1) is 0 Å². The van der Waals surface area contributed by atoms with Gasteiger partial charge in [-0.3, -0.25) is 9.69 Å². The summed E-state index contributed by atoms with van der Waals surface area (Å²) < 4.78 is 0. The second-order valence-corrected chi connectivity index (χ2v) is 6.66. The third kappa shape index (κ3) is 2.55. The van der Waals surface area contributed by atoms with Gasteiger partial charge < -0.3 is 11.1 Å². The zero-order chi connectivity index (χ0) is 15.0. The highest BCUT2D eigenvalue weighted by Crippen LogP contribution is 2.36. The normalized spacial score (nSPS) is 31.0. The van der Waals surface area contributed by atoms with Crippen molar-refractivity contribution in [1.82, 2.24) is 10.2 Å². The number of carbonyl (C=O) groups is 2. The van der Waals surface area contributed by atoms with E-state index in [1.807, 2.05) is 13.8 Å². The molecule has 114 valence electrons. The zero-order valence-electron chi connectivity index (χ0n) is 12.9. The molecule has 20 heavy (non-hydrogen) atoms. The molecule has 0 aromatic carbocycles. The summed E-state index contributed by atoms with van der Waals surface area (Å²) in [4.78, 5) is 26.2. The van der Waals surface area contributed by atoms with Crippen molar-refractivity contribution in [3.63, 3.8) is 0 Å². The number of rotatable bonds is 4. The van der Waals surface area contributed by atoms with E-state index in [0.717, 1.165) is 38.5 Å². The van der Waals surface area contributed by atoms with Crippen LogP contribution in [-0.2, 0) is 4.79 Å². The Kier molecular flexibility index (Phi) is 4.09. The van der Waals surface area contributed by atoms with E-state index in [-0.39, 0.29) is 11.9 Å². The predicted molar refractivity (Wildman–Crippen MR) is 78.1 cm³/mol. The molecule has 3 N–H and O–H groups in total. The lowest BCUT2D eigenvalue weighted by molar-refractivity contribution is -0.133. The Morgan fingerprint density at radius 1 is 1.30 bits per heavy atom. The van der Waals surface area contributed by atoms with E-state index in [1.165, 1.54) is 4.90 Å². The zero-order valence-corrected chi connectivity index (χ0v) is 12.9. The first-order valence-corrected chi connectivity index (χ1v) is 7.79. The van der Waals surface area contributed by atoms with Crippen LogP contribution in [0.1, 0.15) is 59.3 Å². The van der Waals surface area contributed by atoms with Crippen LogP contribution in [0.4, 0.5) is 4.79 Å². The lowest BCUT2D eigenvalue weighted by Crippen LogP contribution is -2.53. The van der Waals surface area contributed by atoms with E-state index >= 15 is 0 Å². The number of imide groups is 1. The number of hydrogen-bond acceptors (Lipinski definition) is 3. The fraction of sp³-hybridized carbons (Fsp3) is 0.867. The summed E-state index contributed by atoms with van der Waals surface area (Å²) in [6.45, 7) is 6.52. The van der Waals surface area contributed by atoms with Gasteiger partial charge >= 0.3 is 6.03 Å². The summed E-state index contributed by atoms with van der Waals surface area (Å²) in [6, 6.07) is -0.263. The highest BCUT2D eigenvalue weighted by molar-refractivity contribution is 6.07. The maximum absolute atomic E-state index is 12.7. The molecule has 0 unspecified atom stereocenters. The van der Waals surface area contributed by atoms with Crippen LogP contribution in [0.15, 0.2) is 0 Å². The lowest BCUT2D eigenvalue weighted by Gasteiger charge is -2.34. The maximum Gasteiger partial charge on any atom is 0.325 e. The molecule has 1 spiro atoms. The van der Waals surface area contributed by atoms with Gasteiger partial charge in [-0.25, -0.2) is 4.79 Å². The molecule has 2 aliphatic rings. The number of nitrogens with two attached hydrogens (primary N) is 1. The van der Waals surface area contributed by atoms with Gasteiger partial charge in [0.05, 0.1) is 0 Å². The Morgan fingerprint density at radius 3 is 2.35 bits per heavy atom. The largest absolute Gasteiger partial charge is 0.325 e. The average Bonchev–Trinajstić information content (AvgIpc) is 2.67. The molecule has 2 rings (SSSR count). The van der Waals surface area contributed by atoms with E-state index in [2.05, 4.69) is 12.2 Å². The number of amides is 3. The summed E-state index contributed by atoms with van der Waals surface area (Å²) in [7, 11) is 0. The Hall–Kier alpha value is -1.10. The Balaban J connectivity index is 2.13. The molecule has 1 saturated carbocycles. The molecule has 0 aromatic rings. The van der Waals surface area contributed by atoms with Crippen LogP contribution in [0.25, 0.3) is 0 Å². The number of hydrogen-bond donors (Lipinski definition) is 2. The summed E-state index contributed by atoms with van der Waals surface area (Å²) in [5.74, 6) is 0.574. The molecule has 2 fully saturated rings. The second-order valence-electron chi connectivity index (χ2n) is 6.66. The van der Waals surface area contributed by atoms with Crippen LogP contribution in [0.3, 0.4) is 0 Å². The van der Waals surface area contributed by atoms with E-state index in [0.29, 0.717) is 12.5 Å². The lowest BCUT2D eigenvalue weighted by atomic mass is 9.77. The van der Waals surface area contributed by atoms with Gasteiger partial charge in [0.15, 0.2) is 0 Å². The van der Waals surface area contributed by atoms with Crippen molar-refractivity contribution in [3.05, 3.63) is 0 Å². The van der Waals surface area contributed by atoms with Crippen LogP contribution >= 0.6 is 0 Å². The van der Waals surface area contributed by atoms with Crippen LogP contribution in [-0.4, -0.2) is 34.5 Å². The average molecular weight is 281 g/mol. The van der Waals surface area contributed by atoms with Gasteiger partial charge in [-0.2, -0.15) is 0 Å². The van der Waals surface area contributed by atoms with E-state index in [1.54, 1.807) is 0 Å². The standard InChI is InChI=1S/C15H27N3O2/c1-4-14(16,5-2)10-18-12(19)15(17-13(18)20)8-6-11(3)7-9-15/h11H,4-10,16H2,1-3H3,(H,17,20). The van der Waals surface area contributed by atoms with Crippen LogP contribution < -0.4 is 11.1 Å². The summed E-state index contributed by atoms with van der Waals surface area (Å²) >= 11 is 0. The highest BCUT2D eigenvalue weighted by atomic mass is 16.2. The van der Waals surface area contributed by atoms with Gasteiger partial charge in [0.25, 0.3) is 5.91 Å². The first-order chi connectivity index (χ1) is 9.36. The topological polar surface area (TPSA) is 75.4 Å². The predicted octanol–water partition coefficient (Wildman–Crippen LogP) is 2.00. The van der Waals surface area contributed by atoms with Crippen molar-refractivity contribution in [2.75, 3.05) is 6.54 Å². The molecule has 1 aliphatic carbocycles. The van der Waals surface area contributed by atoms with Gasteiger partial charge in [0, 0.05) is 12.1 Å². The molecule has 1 heterocycles. The van der Waals surface area contributed by atoms with Crippen molar-refractivity contribution in [1.29, 1.82) is 0 Å². The Morgan fingerprint density at radius 2 is 1.85 bits per heavy atom. The number of carbonyl (C=O) groups excluding carboxylic acids is 2. The first kappa shape index (κ1) is 15.3. The quantitative estimate of drug-likeness (QED) is 0.774. The second kappa shape index (κ2) is 5.35. The fourth-order valence-electron chi connectivity index (χ4n) is 3.20. The van der Waals surface area contributed by atoms with Crippen molar-refractivity contribution < 1.29 is 9.59 Å². The summed E-state index contributed by atoms with van der Waals surface area (Å²) in [5.41, 5.74) is 5.15. The first-order valence-electron chi connectivity index (χ1n) is 7.79. The SMILES string of the molecule is CCC(N)(CC)CN1C(=O)NC2(CCC(C)CC2)C1=O. The molecule has 3 amide bonds. The highest BCUT2D eigenvalue weighted by Gasteiger charge is 2.52. The van der Waals surface area contributed by atoms with Crippen LogP contribution in [0, 0.1) is 5.92 Å². The number of nitrogens with zero attached hydrogens (tertiary/aromatic N) is 1. The van der Waals surface area contributed by atoms with Crippen molar-refractivity contribution in [3.8, 4) is 0 Å². The molecular formula is C15H27N3O2. The minimum absolute atomic E-state index is 0.0638. The minimum Gasteiger partial charge on any atom is -0.324 e. The molecule has 0 bridgehead atoms. The molecule has 0 radical (unpaired) electrons. The Bertz CT molecular complexity index is 396. The fourth-order valence-corrected chi connectivity index (χ4v) is 3.20. The third-order valence-electron chi connectivity index (χ3n) is 5.25. The molecule has 1 aliphatic heterocycles. The molecule has 1 saturated heterocycles. The smallest absolute Gasteiger partial charge is 0.324 e.